The van der Waals surface area contributed by atoms with E-state index < -0.39 is 5.97 Å². The highest BCUT2D eigenvalue weighted by Gasteiger charge is 2.32. The van der Waals surface area contributed by atoms with Gasteiger partial charge in [0.15, 0.2) is 5.11 Å². The summed E-state index contributed by atoms with van der Waals surface area (Å²) in [6, 6.07) is 0.299. The number of rotatable bonds is 3. The van der Waals surface area contributed by atoms with Gasteiger partial charge < -0.3 is 15.3 Å². The van der Waals surface area contributed by atoms with Crippen LogP contribution in [-0.2, 0) is 4.79 Å². The van der Waals surface area contributed by atoms with Gasteiger partial charge in [0.2, 0.25) is 0 Å². The van der Waals surface area contributed by atoms with Crippen LogP contribution in [0.15, 0.2) is 0 Å². The molecule has 0 radical (unpaired) electrons. The molecule has 1 heterocycles. The average Bonchev–Trinajstić information content (AvgIpc) is 1.98. The SMILES string of the molecule is CC1CC(C)(C)NC(=S)N1CCC(=O)O. The standard InChI is InChI=1S/C10H18N2O2S/c1-7-6-10(2,3)11-9(15)12(7)5-4-8(13)14/h7H,4-6H2,1-3H3,(H,11,15)(H,13,14). The first-order chi connectivity index (χ1) is 6.82. The van der Waals surface area contributed by atoms with Gasteiger partial charge in [0.1, 0.15) is 0 Å². The Labute approximate surface area is 95.6 Å². The number of hydrogen-bond acceptors (Lipinski definition) is 2. The number of hydrogen-bond donors (Lipinski definition) is 2. The second-order valence-corrected chi connectivity index (χ2v) is 5.09. The molecule has 86 valence electrons. The highest BCUT2D eigenvalue weighted by atomic mass is 32.1. The minimum atomic E-state index is -0.783. The van der Waals surface area contributed by atoms with Crippen LogP contribution >= 0.6 is 12.2 Å². The number of nitrogens with zero attached hydrogens (tertiary/aromatic N) is 1. The van der Waals surface area contributed by atoms with Gasteiger partial charge in [-0.15, -0.1) is 0 Å². The minimum Gasteiger partial charge on any atom is -0.481 e. The number of thiocarbonyl (C=S) groups is 1. The molecule has 5 heteroatoms. The molecule has 15 heavy (non-hydrogen) atoms. The van der Waals surface area contributed by atoms with E-state index in [0.29, 0.717) is 17.7 Å². The van der Waals surface area contributed by atoms with Gasteiger partial charge in [-0.25, -0.2) is 0 Å². The van der Waals surface area contributed by atoms with Crippen molar-refractivity contribution in [3.05, 3.63) is 0 Å². The molecule has 1 unspecified atom stereocenters. The largest absolute Gasteiger partial charge is 0.481 e. The zero-order valence-corrected chi connectivity index (χ0v) is 10.2. The van der Waals surface area contributed by atoms with E-state index in [2.05, 4.69) is 26.1 Å². The fourth-order valence-electron chi connectivity index (χ4n) is 2.00. The van der Waals surface area contributed by atoms with Crippen LogP contribution in [-0.4, -0.2) is 39.2 Å². The summed E-state index contributed by atoms with van der Waals surface area (Å²) in [4.78, 5) is 12.4. The van der Waals surface area contributed by atoms with Crippen LogP contribution in [0.2, 0.25) is 0 Å². The van der Waals surface area contributed by atoms with Gasteiger partial charge in [0.25, 0.3) is 0 Å². The van der Waals surface area contributed by atoms with Gasteiger partial charge in [0, 0.05) is 18.1 Å². The lowest BCUT2D eigenvalue weighted by atomic mass is 9.93. The highest BCUT2D eigenvalue weighted by molar-refractivity contribution is 7.80. The van der Waals surface area contributed by atoms with Crippen molar-refractivity contribution in [2.45, 2.75) is 45.2 Å². The maximum absolute atomic E-state index is 10.5. The third-order valence-corrected chi connectivity index (χ3v) is 2.95. The van der Waals surface area contributed by atoms with E-state index in [1.54, 1.807) is 0 Å². The van der Waals surface area contributed by atoms with Crippen molar-refractivity contribution >= 4 is 23.3 Å². The van der Waals surface area contributed by atoms with Gasteiger partial charge in [-0.05, 0) is 39.4 Å². The Morgan fingerprint density at radius 1 is 1.73 bits per heavy atom. The summed E-state index contributed by atoms with van der Waals surface area (Å²) in [7, 11) is 0. The molecule has 0 aromatic carbocycles. The predicted octanol–water partition coefficient (Wildman–Crippen LogP) is 1.21. The van der Waals surface area contributed by atoms with Gasteiger partial charge in [-0.2, -0.15) is 0 Å². The second kappa shape index (κ2) is 4.35. The molecule has 0 aromatic heterocycles. The number of carboxylic acid groups (broad SMARTS) is 1. The molecule has 0 bridgehead atoms. The zero-order valence-electron chi connectivity index (χ0n) is 9.41. The maximum Gasteiger partial charge on any atom is 0.305 e. The van der Waals surface area contributed by atoms with E-state index in [1.165, 1.54) is 0 Å². The van der Waals surface area contributed by atoms with E-state index >= 15 is 0 Å². The topological polar surface area (TPSA) is 52.6 Å². The molecule has 2 N–H and O–H groups in total. The maximum atomic E-state index is 10.5. The lowest BCUT2D eigenvalue weighted by Crippen LogP contribution is -2.60. The molecule has 1 saturated heterocycles. The van der Waals surface area contributed by atoms with Crippen LogP contribution in [0.4, 0.5) is 0 Å². The van der Waals surface area contributed by atoms with Crippen LogP contribution in [0.3, 0.4) is 0 Å². The van der Waals surface area contributed by atoms with E-state index in [9.17, 15) is 4.79 Å². The predicted molar refractivity (Wildman–Crippen MR) is 62.9 cm³/mol. The molecule has 0 aromatic rings. The summed E-state index contributed by atoms with van der Waals surface area (Å²) in [5.74, 6) is -0.783. The molecule has 1 aliphatic rings. The van der Waals surface area contributed by atoms with Gasteiger partial charge in [-0.1, -0.05) is 0 Å². The molecular formula is C10H18N2O2S. The summed E-state index contributed by atoms with van der Waals surface area (Å²) in [6.45, 7) is 6.77. The molecule has 0 aliphatic carbocycles. The summed E-state index contributed by atoms with van der Waals surface area (Å²) in [5, 5.41) is 12.5. The van der Waals surface area contributed by atoms with E-state index in [1.807, 2.05) is 4.90 Å². The number of carbonyl (C=O) groups is 1. The first kappa shape index (κ1) is 12.2. The molecule has 0 spiro atoms. The van der Waals surface area contributed by atoms with Crippen molar-refractivity contribution in [2.24, 2.45) is 0 Å². The number of aliphatic carboxylic acids is 1. The highest BCUT2D eigenvalue weighted by Crippen LogP contribution is 2.21. The van der Waals surface area contributed by atoms with Crippen molar-refractivity contribution in [3.8, 4) is 0 Å². The fourth-order valence-corrected chi connectivity index (χ4v) is 2.55. The number of nitrogens with one attached hydrogen (secondary N) is 1. The van der Waals surface area contributed by atoms with Gasteiger partial charge in [-0.3, -0.25) is 4.79 Å². The monoisotopic (exact) mass is 230 g/mol. The first-order valence-corrected chi connectivity index (χ1v) is 5.53. The minimum absolute atomic E-state index is 0.0101. The Morgan fingerprint density at radius 3 is 2.80 bits per heavy atom. The molecule has 4 nitrogen and oxygen atoms in total. The lowest BCUT2D eigenvalue weighted by molar-refractivity contribution is -0.137. The van der Waals surface area contributed by atoms with Crippen molar-refractivity contribution in [3.63, 3.8) is 0 Å². The van der Waals surface area contributed by atoms with Crippen LogP contribution < -0.4 is 5.32 Å². The van der Waals surface area contributed by atoms with Crippen LogP contribution in [0.25, 0.3) is 0 Å². The number of carboxylic acids is 1. The van der Waals surface area contributed by atoms with Crippen molar-refractivity contribution in [1.82, 2.24) is 10.2 Å². The first-order valence-electron chi connectivity index (χ1n) is 5.12. The Bertz CT molecular complexity index is 279. The van der Waals surface area contributed by atoms with E-state index in [-0.39, 0.29) is 12.0 Å². The normalized spacial score (nSPS) is 24.9. The summed E-state index contributed by atoms with van der Waals surface area (Å²) in [5.41, 5.74) is 0.0101. The van der Waals surface area contributed by atoms with E-state index in [4.69, 9.17) is 17.3 Å². The molecule has 1 rings (SSSR count). The van der Waals surface area contributed by atoms with Gasteiger partial charge >= 0.3 is 5.97 Å². The molecule has 0 amide bonds. The van der Waals surface area contributed by atoms with Crippen molar-refractivity contribution in [1.29, 1.82) is 0 Å². The lowest BCUT2D eigenvalue weighted by Gasteiger charge is -2.44. The second-order valence-electron chi connectivity index (χ2n) is 4.70. The van der Waals surface area contributed by atoms with Crippen LogP contribution in [0.5, 0.6) is 0 Å². The third-order valence-electron chi connectivity index (χ3n) is 2.61. The van der Waals surface area contributed by atoms with Crippen LogP contribution in [0, 0.1) is 0 Å². The van der Waals surface area contributed by atoms with Crippen molar-refractivity contribution in [2.75, 3.05) is 6.54 Å². The van der Waals surface area contributed by atoms with Crippen LogP contribution in [0.1, 0.15) is 33.6 Å². The summed E-state index contributed by atoms with van der Waals surface area (Å²) >= 11 is 5.23. The average molecular weight is 230 g/mol. The summed E-state index contributed by atoms with van der Waals surface area (Å²) < 4.78 is 0. The van der Waals surface area contributed by atoms with Gasteiger partial charge in [0.05, 0.1) is 6.42 Å². The molecule has 1 atom stereocenters. The Balaban J connectivity index is 2.59. The fraction of sp³-hybridized carbons (Fsp3) is 0.800. The Morgan fingerprint density at radius 2 is 2.33 bits per heavy atom. The van der Waals surface area contributed by atoms with Crippen molar-refractivity contribution < 1.29 is 9.90 Å². The molecule has 0 saturated carbocycles. The molecular weight excluding hydrogens is 212 g/mol. The molecule has 1 aliphatic heterocycles. The third kappa shape index (κ3) is 3.34. The molecule has 1 fully saturated rings. The Hall–Kier alpha value is -0.840. The zero-order chi connectivity index (χ0) is 11.6. The smallest absolute Gasteiger partial charge is 0.305 e. The van der Waals surface area contributed by atoms with E-state index in [0.717, 1.165) is 6.42 Å². The summed E-state index contributed by atoms with van der Waals surface area (Å²) in [6.07, 6.45) is 1.10. The quantitative estimate of drug-likeness (QED) is 0.714. The Kier molecular flexibility index (Phi) is 3.54.